The molecule has 0 bridgehead atoms. The summed E-state index contributed by atoms with van der Waals surface area (Å²) in [5, 5.41) is 3.04. The van der Waals surface area contributed by atoms with Crippen LogP contribution in [0.5, 0.6) is 0 Å². The van der Waals surface area contributed by atoms with Crippen LogP contribution < -0.4 is 5.32 Å². The summed E-state index contributed by atoms with van der Waals surface area (Å²) < 4.78 is 51.1. The van der Waals surface area contributed by atoms with E-state index in [-0.39, 0.29) is 15.6 Å². The monoisotopic (exact) mass is 414 g/mol. The molecule has 0 aliphatic carbocycles. The van der Waals surface area contributed by atoms with Gasteiger partial charge in [-0.25, -0.2) is 9.37 Å². The van der Waals surface area contributed by atoms with Gasteiger partial charge in [-0.05, 0) is 37.3 Å². The number of benzene rings is 2. The second-order valence-corrected chi connectivity index (χ2v) is 6.99. The fourth-order valence-corrected chi connectivity index (χ4v) is 3.48. The third-order valence-corrected chi connectivity index (χ3v) is 5.16. The van der Waals surface area contributed by atoms with Gasteiger partial charge in [0.2, 0.25) is 0 Å². The highest BCUT2D eigenvalue weighted by Gasteiger charge is 2.30. The Morgan fingerprint density at radius 3 is 2.41 bits per heavy atom. The van der Waals surface area contributed by atoms with Crippen molar-refractivity contribution in [1.29, 1.82) is 0 Å². The highest BCUT2D eigenvalue weighted by Crippen LogP contribution is 2.33. The molecule has 0 saturated heterocycles. The molecule has 2 aromatic carbocycles. The largest absolute Gasteiger partial charge is 0.416 e. The third-order valence-electron chi connectivity index (χ3n) is 3.64. The zero-order valence-electron chi connectivity index (χ0n) is 13.7. The number of nitrogens with one attached hydrogen (secondary N) is 1. The predicted octanol–water partition coefficient (Wildman–Crippen LogP) is 6.18. The molecule has 0 spiro atoms. The molecule has 0 unspecified atom stereocenters. The summed E-state index contributed by atoms with van der Waals surface area (Å²) in [5.74, 6) is -1.02. The van der Waals surface area contributed by atoms with Gasteiger partial charge in [-0.2, -0.15) is 13.2 Å². The first kappa shape index (κ1) is 19.3. The van der Waals surface area contributed by atoms with Crippen LogP contribution in [0.1, 0.15) is 20.9 Å². The number of rotatable bonds is 3. The molecule has 0 atom stereocenters. The van der Waals surface area contributed by atoms with Crippen LogP contribution in [0.3, 0.4) is 0 Å². The summed E-state index contributed by atoms with van der Waals surface area (Å²) in [6.07, 6.45) is -4.42. The lowest BCUT2D eigenvalue weighted by Crippen LogP contribution is -2.11. The lowest BCUT2D eigenvalue weighted by Gasteiger charge is -2.06. The summed E-state index contributed by atoms with van der Waals surface area (Å²) in [7, 11) is 0. The summed E-state index contributed by atoms with van der Waals surface area (Å²) in [6, 6.07) is 8.11. The maximum absolute atomic E-state index is 13.1. The number of anilines is 1. The first-order chi connectivity index (χ1) is 12.6. The lowest BCUT2D eigenvalue weighted by atomic mass is 10.1. The maximum Gasteiger partial charge on any atom is 0.416 e. The van der Waals surface area contributed by atoms with Crippen LogP contribution in [0.25, 0.3) is 10.6 Å². The van der Waals surface area contributed by atoms with Crippen LogP contribution in [0.15, 0.2) is 42.5 Å². The van der Waals surface area contributed by atoms with Crippen molar-refractivity contribution in [2.24, 2.45) is 0 Å². The Morgan fingerprint density at radius 2 is 1.81 bits per heavy atom. The molecule has 140 valence electrons. The normalized spacial score (nSPS) is 11.5. The first-order valence-corrected chi connectivity index (χ1v) is 8.76. The van der Waals surface area contributed by atoms with Crippen LogP contribution in [-0.2, 0) is 6.18 Å². The van der Waals surface area contributed by atoms with Gasteiger partial charge in [0, 0.05) is 5.56 Å². The zero-order valence-corrected chi connectivity index (χ0v) is 15.3. The van der Waals surface area contributed by atoms with Gasteiger partial charge in [0.1, 0.15) is 15.7 Å². The highest BCUT2D eigenvalue weighted by molar-refractivity contribution is 7.17. The average molecular weight is 415 g/mol. The number of hydrogen-bond donors (Lipinski definition) is 1. The second-order valence-electron chi connectivity index (χ2n) is 5.59. The number of hydrogen-bond acceptors (Lipinski definition) is 3. The van der Waals surface area contributed by atoms with Crippen LogP contribution in [-0.4, -0.2) is 10.9 Å². The SMILES string of the molecule is Cc1nc(-c2ccc(C(F)(F)F)cc2)sc1C(=O)Nc1ccc(F)cc1Cl. The van der Waals surface area contributed by atoms with Gasteiger partial charge < -0.3 is 5.32 Å². The van der Waals surface area contributed by atoms with E-state index in [1.54, 1.807) is 6.92 Å². The number of aryl methyl sites for hydroxylation is 1. The first-order valence-electron chi connectivity index (χ1n) is 7.56. The van der Waals surface area contributed by atoms with E-state index in [0.29, 0.717) is 16.3 Å². The van der Waals surface area contributed by atoms with Crippen molar-refractivity contribution in [2.75, 3.05) is 5.32 Å². The van der Waals surface area contributed by atoms with E-state index in [0.717, 1.165) is 35.6 Å². The topological polar surface area (TPSA) is 42.0 Å². The number of halogens is 5. The van der Waals surface area contributed by atoms with E-state index in [9.17, 15) is 22.4 Å². The van der Waals surface area contributed by atoms with Crippen LogP contribution in [0.2, 0.25) is 5.02 Å². The maximum atomic E-state index is 13.1. The third kappa shape index (κ3) is 4.28. The second kappa shape index (κ2) is 7.28. The standard InChI is InChI=1S/C18H11ClF4N2OS/c1-9-15(16(26)25-14-7-6-12(20)8-13(14)19)27-17(24-9)10-2-4-11(5-3-10)18(21,22)23/h2-8H,1H3,(H,25,26). The average Bonchev–Trinajstić information content (AvgIpc) is 2.98. The number of thiazole rings is 1. The Balaban J connectivity index is 1.84. The van der Waals surface area contributed by atoms with Crippen LogP contribution in [0.4, 0.5) is 23.2 Å². The molecule has 0 fully saturated rings. The molecule has 3 nitrogen and oxygen atoms in total. The number of carbonyl (C=O) groups is 1. The molecular weight excluding hydrogens is 404 g/mol. The molecule has 0 saturated carbocycles. The van der Waals surface area contributed by atoms with Gasteiger partial charge in [0.05, 0.1) is 22.0 Å². The number of amides is 1. The molecule has 0 radical (unpaired) electrons. The molecule has 27 heavy (non-hydrogen) atoms. The van der Waals surface area contributed by atoms with E-state index in [2.05, 4.69) is 10.3 Å². The van der Waals surface area contributed by atoms with Gasteiger partial charge >= 0.3 is 6.18 Å². The van der Waals surface area contributed by atoms with Gasteiger partial charge in [-0.15, -0.1) is 11.3 Å². The molecule has 1 N–H and O–H groups in total. The number of nitrogens with zero attached hydrogens (tertiary/aromatic N) is 1. The molecule has 1 heterocycles. The number of aromatic nitrogens is 1. The van der Waals surface area contributed by atoms with E-state index < -0.39 is 23.5 Å². The van der Waals surface area contributed by atoms with Gasteiger partial charge in [0.25, 0.3) is 5.91 Å². The molecule has 0 aliphatic rings. The molecule has 3 aromatic rings. The molecule has 0 aliphatic heterocycles. The quantitative estimate of drug-likeness (QED) is 0.520. The minimum Gasteiger partial charge on any atom is -0.320 e. The van der Waals surface area contributed by atoms with Crippen molar-refractivity contribution in [2.45, 2.75) is 13.1 Å². The zero-order chi connectivity index (χ0) is 19.8. The van der Waals surface area contributed by atoms with E-state index in [1.165, 1.54) is 18.2 Å². The summed E-state index contributed by atoms with van der Waals surface area (Å²) in [4.78, 5) is 17.0. The Morgan fingerprint density at radius 1 is 1.15 bits per heavy atom. The van der Waals surface area contributed by atoms with Crippen molar-refractivity contribution >= 4 is 34.5 Å². The minimum absolute atomic E-state index is 0.0495. The molecular formula is C18H11ClF4N2OS. The van der Waals surface area contributed by atoms with Crippen LogP contribution in [0, 0.1) is 12.7 Å². The van der Waals surface area contributed by atoms with E-state index in [1.807, 2.05) is 0 Å². The van der Waals surface area contributed by atoms with Crippen molar-refractivity contribution in [1.82, 2.24) is 4.98 Å². The predicted molar refractivity (Wildman–Crippen MR) is 96.7 cm³/mol. The Labute approximate surface area is 160 Å². The number of alkyl halides is 3. The van der Waals surface area contributed by atoms with Gasteiger partial charge in [0.15, 0.2) is 0 Å². The van der Waals surface area contributed by atoms with Crippen molar-refractivity contribution in [3.05, 3.63) is 69.4 Å². The minimum atomic E-state index is -4.42. The summed E-state index contributed by atoms with van der Waals surface area (Å²) in [5.41, 5.74) is 0.371. The Bertz CT molecular complexity index is 1000. The van der Waals surface area contributed by atoms with Crippen molar-refractivity contribution in [3.8, 4) is 10.6 Å². The molecule has 3 rings (SSSR count). The molecule has 1 amide bonds. The Kier molecular flexibility index (Phi) is 5.21. The fraction of sp³-hybridized carbons (Fsp3) is 0.111. The highest BCUT2D eigenvalue weighted by atomic mass is 35.5. The molecule has 9 heteroatoms. The van der Waals surface area contributed by atoms with Crippen molar-refractivity contribution < 1.29 is 22.4 Å². The van der Waals surface area contributed by atoms with Crippen molar-refractivity contribution in [3.63, 3.8) is 0 Å². The smallest absolute Gasteiger partial charge is 0.320 e. The fourth-order valence-electron chi connectivity index (χ4n) is 2.30. The van der Waals surface area contributed by atoms with Crippen LogP contribution >= 0.6 is 22.9 Å². The van der Waals surface area contributed by atoms with Gasteiger partial charge in [-0.3, -0.25) is 4.79 Å². The van der Waals surface area contributed by atoms with E-state index in [4.69, 9.17) is 11.6 Å². The summed E-state index contributed by atoms with van der Waals surface area (Å²) >= 11 is 6.94. The lowest BCUT2D eigenvalue weighted by molar-refractivity contribution is -0.137. The molecule has 1 aromatic heterocycles. The Hall–Kier alpha value is -2.45. The van der Waals surface area contributed by atoms with E-state index >= 15 is 0 Å². The summed E-state index contributed by atoms with van der Waals surface area (Å²) in [6.45, 7) is 1.62. The number of carbonyl (C=O) groups excluding carboxylic acids is 1. The van der Waals surface area contributed by atoms with Gasteiger partial charge in [-0.1, -0.05) is 23.7 Å².